The van der Waals surface area contributed by atoms with Gasteiger partial charge in [0.15, 0.2) is 0 Å². The summed E-state index contributed by atoms with van der Waals surface area (Å²) in [4.78, 5) is 59.5. The highest BCUT2D eigenvalue weighted by Crippen LogP contribution is 2.44. The third-order valence-electron chi connectivity index (χ3n) is 11.2. The second-order valence-electron chi connectivity index (χ2n) is 17.2. The van der Waals surface area contributed by atoms with Gasteiger partial charge in [0, 0.05) is 24.0 Å². The Hall–Kier alpha value is -5.59. The summed E-state index contributed by atoms with van der Waals surface area (Å²) in [6.45, 7) is 15.4. The molecule has 294 valence electrons. The van der Waals surface area contributed by atoms with E-state index in [9.17, 15) is 14.4 Å². The maximum Gasteiger partial charge on any atom is 0.410 e. The van der Waals surface area contributed by atoms with Gasteiger partial charge in [0.25, 0.3) is 0 Å². The van der Waals surface area contributed by atoms with Crippen LogP contribution in [-0.2, 0) is 20.9 Å². The standard InChI is InChI=1S/C43H51N7O6/c1-22(2)36(48-41(52)54-8)40(51)49-19-23(3)14-34(49)39-45-31-12-10-25-16-30-28-11-9-26(15-27(28)21-55-35(30)17-29(25)37(31)47-39)32-18-44-38(46-32)33-13-24(4)20-50(33)42(53)56-43(5,6)7/h9-12,15-18,22-24,33-34,36H,13-14,19-21H2,1-8H3,(H,44,46)(H,45,47)(H,48,52)/t23-,24-,33-,34-,36-/m0/s1. The third-order valence-corrected chi connectivity index (χ3v) is 11.2. The van der Waals surface area contributed by atoms with E-state index in [-0.39, 0.29) is 35.9 Å². The number of nitrogens with one attached hydrogen (secondary N) is 3. The first kappa shape index (κ1) is 37.3. The lowest BCUT2D eigenvalue weighted by atomic mass is 9.92. The SMILES string of the molecule is COC(=O)N[C@H](C(=O)N1C[C@@H](C)C[C@H]1c1nc2ccc3cc4c(cc3c2[nH]1)OCc1cc(-c2cnc([C@@H]3C[C@H](C)CN3C(=O)OC(C)(C)C)[nH]2)ccc1-4)C(C)C. The number of imidazole rings is 2. The van der Waals surface area contributed by atoms with Gasteiger partial charge < -0.3 is 34.4 Å². The molecule has 2 saturated heterocycles. The van der Waals surface area contributed by atoms with Crippen LogP contribution in [0.15, 0.2) is 48.7 Å². The van der Waals surface area contributed by atoms with Crippen molar-refractivity contribution < 1.29 is 28.6 Å². The Morgan fingerprint density at radius 2 is 1.66 bits per heavy atom. The number of aromatic amines is 2. The van der Waals surface area contributed by atoms with E-state index in [1.807, 2.05) is 51.8 Å². The summed E-state index contributed by atoms with van der Waals surface area (Å²) in [5.74, 6) is 2.61. The molecule has 5 aromatic rings. The van der Waals surface area contributed by atoms with E-state index < -0.39 is 17.7 Å². The number of benzene rings is 3. The molecule has 8 rings (SSSR count). The van der Waals surface area contributed by atoms with Crippen molar-refractivity contribution in [2.45, 2.75) is 91.6 Å². The highest BCUT2D eigenvalue weighted by Gasteiger charge is 2.41. The van der Waals surface area contributed by atoms with Crippen molar-refractivity contribution in [3.63, 3.8) is 0 Å². The van der Waals surface area contributed by atoms with E-state index in [0.29, 0.717) is 25.6 Å². The number of ether oxygens (including phenoxy) is 3. The summed E-state index contributed by atoms with van der Waals surface area (Å²) in [6.07, 6.45) is 2.47. The monoisotopic (exact) mass is 761 g/mol. The number of H-pyrrole nitrogens is 2. The van der Waals surface area contributed by atoms with Gasteiger partial charge in [-0.05, 0) is 97.7 Å². The number of carbonyl (C=O) groups excluding carboxylic acids is 3. The van der Waals surface area contributed by atoms with Gasteiger partial charge in [-0.1, -0.05) is 45.9 Å². The molecule has 3 aromatic carbocycles. The Kier molecular flexibility index (Phi) is 9.45. The maximum absolute atomic E-state index is 13.9. The number of amides is 3. The van der Waals surface area contributed by atoms with Crippen LogP contribution >= 0.6 is 0 Å². The van der Waals surface area contributed by atoms with Crippen molar-refractivity contribution >= 4 is 39.9 Å². The fourth-order valence-corrected chi connectivity index (χ4v) is 8.54. The molecule has 5 atom stereocenters. The van der Waals surface area contributed by atoms with Gasteiger partial charge in [-0.25, -0.2) is 19.6 Å². The van der Waals surface area contributed by atoms with Gasteiger partial charge >= 0.3 is 12.2 Å². The van der Waals surface area contributed by atoms with E-state index in [0.717, 1.165) is 80.0 Å². The number of hydrogen-bond acceptors (Lipinski definition) is 8. The molecule has 0 aliphatic carbocycles. The van der Waals surface area contributed by atoms with Gasteiger partial charge in [0.2, 0.25) is 5.91 Å². The number of carbonyl (C=O) groups is 3. The summed E-state index contributed by atoms with van der Waals surface area (Å²) >= 11 is 0. The molecule has 3 amide bonds. The fourth-order valence-electron chi connectivity index (χ4n) is 8.54. The lowest BCUT2D eigenvalue weighted by Gasteiger charge is -2.30. The normalized spacial score (nSPS) is 21.2. The highest BCUT2D eigenvalue weighted by atomic mass is 16.6. The van der Waals surface area contributed by atoms with Gasteiger partial charge in [0.05, 0.1) is 42.1 Å². The van der Waals surface area contributed by atoms with Crippen LogP contribution in [0.3, 0.4) is 0 Å². The summed E-state index contributed by atoms with van der Waals surface area (Å²) in [6, 6.07) is 13.6. The van der Waals surface area contributed by atoms with Crippen LogP contribution in [0.4, 0.5) is 9.59 Å². The quantitative estimate of drug-likeness (QED) is 0.156. The van der Waals surface area contributed by atoms with Crippen LogP contribution in [0.1, 0.15) is 90.6 Å². The van der Waals surface area contributed by atoms with Gasteiger partial charge in [-0.2, -0.15) is 0 Å². The van der Waals surface area contributed by atoms with Crippen molar-refractivity contribution in [2.75, 3.05) is 20.2 Å². The van der Waals surface area contributed by atoms with Crippen LogP contribution in [-0.4, -0.2) is 79.7 Å². The lowest BCUT2D eigenvalue weighted by molar-refractivity contribution is -0.135. The fraction of sp³-hybridized carbons (Fsp3) is 0.465. The topological polar surface area (TPSA) is 155 Å². The third kappa shape index (κ3) is 6.92. The molecule has 0 bridgehead atoms. The second kappa shape index (κ2) is 14.2. The summed E-state index contributed by atoms with van der Waals surface area (Å²) in [5.41, 5.74) is 6.20. The Balaban J connectivity index is 1.06. The molecule has 13 heteroatoms. The lowest BCUT2D eigenvalue weighted by Crippen LogP contribution is -2.51. The summed E-state index contributed by atoms with van der Waals surface area (Å²) < 4.78 is 16.9. The van der Waals surface area contributed by atoms with Crippen LogP contribution in [0, 0.1) is 17.8 Å². The minimum absolute atomic E-state index is 0.122. The average Bonchev–Trinajstić information content (AvgIpc) is 3.97. The smallest absolute Gasteiger partial charge is 0.410 e. The molecule has 0 radical (unpaired) electrons. The Morgan fingerprint density at radius 1 is 0.929 bits per heavy atom. The van der Waals surface area contributed by atoms with E-state index in [1.54, 1.807) is 4.90 Å². The van der Waals surface area contributed by atoms with E-state index in [1.165, 1.54) is 7.11 Å². The van der Waals surface area contributed by atoms with Gasteiger partial charge in [-0.15, -0.1) is 0 Å². The number of hydrogen-bond donors (Lipinski definition) is 3. The molecule has 3 aliphatic rings. The molecule has 3 N–H and O–H groups in total. The molecule has 56 heavy (non-hydrogen) atoms. The van der Waals surface area contributed by atoms with Crippen LogP contribution in [0.25, 0.3) is 44.2 Å². The first-order valence-electron chi connectivity index (χ1n) is 19.6. The highest BCUT2D eigenvalue weighted by molar-refractivity contribution is 6.07. The number of alkyl carbamates (subject to hydrolysis) is 1. The zero-order chi connectivity index (χ0) is 39.6. The first-order valence-corrected chi connectivity index (χ1v) is 19.6. The van der Waals surface area contributed by atoms with Crippen molar-refractivity contribution in [3.8, 4) is 28.1 Å². The number of aromatic nitrogens is 4. The second-order valence-corrected chi connectivity index (χ2v) is 17.2. The summed E-state index contributed by atoms with van der Waals surface area (Å²) in [7, 11) is 1.30. The Labute approximate surface area is 326 Å². The molecular weight excluding hydrogens is 711 g/mol. The van der Waals surface area contributed by atoms with E-state index >= 15 is 0 Å². The molecule has 2 aromatic heterocycles. The molecule has 2 fully saturated rings. The van der Waals surface area contributed by atoms with Crippen molar-refractivity contribution in [2.24, 2.45) is 17.8 Å². The van der Waals surface area contributed by atoms with Gasteiger partial charge in [0.1, 0.15) is 35.6 Å². The van der Waals surface area contributed by atoms with Gasteiger partial charge in [-0.3, -0.25) is 9.69 Å². The maximum atomic E-state index is 13.9. The number of rotatable bonds is 6. The molecular formula is C43H51N7O6. The number of likely N-dealkylation sites (tertiary alicyclic amines) is 2. The number of methoxy groups -OCH3 is 1. The minimum atomic E-state index is -0.710. The van der Waals surface area contributed by atoms with E-state index in [2.05, 4.69) is 65.5 Å². The zero-order valence-corrected chi connectivity index (χ0v) is 33.4. The summed E-state index contributed by atoms with van der Waals surface area (Å²) in [5, 5.41) is 4.76. The molecule has 5 heterocycles. The average molecular weight is 762 g/mol. The van der Waals surface area contributed by atoms with Crippen LogP contribution < -0.4 is 10.1 Å². The Morgan fingerprint density at radius 3 is 2.38 bits per heavy atom. The van der Waals surface area contributed by atoms with Crippen LogP contribution in [0.5, 0.6) is 5.75 Å². The molecule has 0 saturated carbocycles. The van der Waals surface area contributed by atoms with Crippen molar-refractivity contribution in [1.82, 2.24) is 35.1 Å². The number of fused-ring (bicyclic) bond motifs is 6. The molecule has 3 aliphatic heterocycles. The molecule has 0 unspecified atom stereocenters. The van der Waals surface area contributed by atoms with E-state index in [4.69, 9.17) is 24.2 Å². The molecule has 0 spiro atoms. The largest absolute Gasteiger partial charge is 0.488 e. The molecule has 13 nitrogen and oxygen atoms in total. The van der Waals surface area contributed by atoms with Crippen LogP contribution in [0.2, 0.25) is 0 Å². The van der Waals surface area contributed by atoms with Crippen molar-refractivity contribution in [1.29, 1.82) is 0 Å². The minimum Gasteiger partial charge on any atom is -0.488 e. The zero-order valence-electron chi connectivity index (χ0n) is 33.4. The Bertz CT molecular complexity index is 2340. The first-order chi connectivity index (χ1) is 26.7. The number of nitrogens with zero attached hydrogens (tertiary/aromatic N) is 4. The predicted molar refractivity (Wildman–Crippen MR) is 213 cm³/mol. The predicted octanol–water partition coefficient (Wildman–Crippen LogP) is 8.27. The van der Waals surface area contributed by atoms with Crippen molar-refractivity contribution in [3.05, 3.63) is 65.9 Å².